The van der Waals surface area contributed by atoms with Crippen molar-refractivity contribution >= 4 is 17.6 Å². The number of rotatable bonds is 4. The lowest BCUT2D eigenvalue weighted by Gasteiger charge is -2.36. The predicted molar refractivity (Wildman–Crippen MR) is 95.9 cm³/mol. The van der Waals surface area contributed by atoms with Gasteiger partial charge in [-0.2, -0.15) is 13.2 Å². The minimum atomic E-state index is -4.87. The van der Waals surface area contributed by atoms with E-state index in [1.165, 1.54) is 18.5 Å². The summed E-state index contributed by atoms with van der Waals surface area (Å²) < 4.78 is 72.5. The first kappa shape index (κ1) is 21.4. The number of aryl methyl sites for hydroxylation is 1. The highest BCUT2D eigenvalue weighted by atomic mass is 19.4. The molecule has 0 bridgehead atoms. The van der Waals surface area contributed by atoms with Gasteiger partial charge in [-0.15, -0.1) is 0 Å². The number of benzene rings is 1. The lowest BCUT2D eigenvalue weighted by molar-refractivity contribution is -0.209. The van der Waals surface area contributed by atoms with E-state index in [1.54, 1.807) is 6.92 Å². The van der Waals surface area contributed by atoms with Crippen LogP contribution in [0.15, 0.2) is 35.6 Å². The van der Waals surface area contributed by atoms with Crippen molar-refractivity contribution in [3.63, 3.8) is 0 Å². The van der Waals surface area contributed by atoms with E-state index in [1.807, 2.05) is 0 Å². The SMILES string of the molecule is Cc1nccnc1C(=O)Nc1ccc(F)c([C@]2(CF)C[C@@H](C(F)(F)F)OC(N)=N2)c1. The summed E-state index contributed by atoms with van der Waals surface area (Å²) in [5.41, 5.74) is 2.88. The van der Waals surface area contributed by atoms with Crippen LogP contribution >= 0.6 is 0 Å². The Bertz CT molecular complexity index is 997. The first-order valence-electron chi connectivity index (χ1n) is 8.59. The van der Waals surface area contributed by atoms with E-state index in [0.29, 0.717) is 5.69 Å². The largest absolute Gasteiger partial charge is 0.452 e. The van der Waals surface area contributed by atoms with Gasteiger partial charge in [-0.25, -0.2) is 18.8 Å². The van der Waals surface area contributed by atoms with Crippen LogP contribution < -0.4 is 11.1 Å². The van der Waals surface area contributed by atoms with E-state index in [4.69, 9.17) is 5.73 Å². The van der Waals surface area contributed by atoms with Gasteiger partial charge in [-0.1, -0.05) is 0 Å². The van der Waals surface area contributed by atoms with Crippen LogP contribution in [0.3, 0.4) is 0 Å². The van der Waals surface area contributed by atoms with Crippen molar-refractivity contribution in [2.24, 2.45) is 10.7 Å². The van der Waals surface area contributed by atoms with E-state index < -0.39 is 54.2 Å². The van der Waals surface area contributed by atoms with Gasteiger partial charge in [0.2, 0.25) is 0 Å². The number of nitrogens with two attached hydrogens (primary N) is 1. The summed E-state index contributed by atoms with van der Waals surface area (Å²) in [7, 11) is 0. The van der Waals surface area contributed by atoms with Gasteiger partial charge in [0.15, 0.2) is 6.10 Å². The first-order chi connectivity index (χ1) is 14.1. The van der Waals surface area contributed by atoms with Crippen LogP contribution in [0.4, 0.5) is 27.6 Å². The lowest BCUT2D eigenvalue weighted by atomic mass is 9.84. The predicted octanol–water partition coefficient (Wildman–Crippen LogP) is 3.01. The summed E-state index contributed by atoms with van der Waals surface area (Å²) in [6.07, 6.45) is -5.67. The molecule has 1 aromatic carbocycles. The quantitative estimate of drug-likeness (QED) is 0.728. The molecular weight excluding hydrogens is 413 g/mol. The summed E-state index contributed by atoms with van der Waals surface area (Å²) in [6.45, 7) is 0.0775. The first-order valence-corrected chi connectivity index (χ1v) is 8.59. The Hall–Kier alpha value is -3.31. The molecule has 1 aliphatic rings. The summed E-state index contributed by atoms with van der Waals surface area (Å²) in [6, 6.07) is 2.15. The lowest BCUT2D eigenvalue weighted by Crippen LogP contribution is -2.48. The molecule has 7 nitrogen and oxygen atoms in total. The highest BCUT2D eigenvalue weighted by molar-refractivity contribution is 6.03. The Kier molecular flexibility index (Phi) is 5.59. The number of amides is 1. The monoisotopic (exact) mass is 429 g/mol. The zero-order valence-electron chi connectivity index (χ0n) is 15.5. The second kappa shape index (κ2) is 7.84. The fourth-order valence-corrected chi connectivity index (χ4v) is 3.07. The third-order valence-electron chi connectivity index (χ3n) is 4.52. The van der Waals surface area contributed by atoms with E-state index in [2.05, 4.69) is 25.0 Å². The minimum absolute atomic E-state index is 0.00176. The maximum atomic E-state index is 14.5. The van der Waals surface area contributed by atoms with Crippen molar-refractivity contribution < 1.29 is 31.5 Å². The summed E-state index contributed by atoms with van der Waals surface area (Å²) >= 11 is 0. The number of ether oxygens (including phenoxy) is 1. The molecule has 1 amide bonds. The van der Waals surface area contributed by atoms with Gasteiger partial charge >= 0.3 is 6.18 Å². The molecule has 30 heavy (non-hydrogen) atoms. The highest BCUT2D eigenvalue weighted by Crippen LogP contribution is 2.42. The number of alkyl halides is 4. The summed E-state index contributed by atoms with van der Waals surface area (Å²) in [5.74, 6) is -1.70. The molecule has 0 unspecified atom stereocenters. The molecule has 0 fully saturated rings. The van der Waals surface area contributed by atoms with E-state index >= 15 is 0 Å². The number of aromatic nitrogens is 2. The van der Waals surface area contributed by atoms with Crippen LogP contribution in [0.5, 0.6) is 0 Å². The van der Waals surface area contributed by atoms with Gasteiger partial charge in [-0.3, -0.25) is 9.78 Å². The molecule has 0 radical (unpaired) electrons. The molecule has 0 aliphatic carbocycles. The number of nitrogens with zero attached hydrogens (tertiary/aromatic N) is 3. The Balaban J connectivity index is 1.98. The van der Waals surface area contributed by atoms with Gasteiger partial charge < -0.3 is 15.8 Å². The second-order valence-corrected chi connectivity index (χ2v) is 6.61. The summed E-state index contributed by atoms with van der Waals surface area (Å²) in [5, 5.41) is 2.44. The van der Waals surface area contributed by atoms with Gasteiger partial charge in [0.05, 0.1) is 5.69 Å². The van der Waals surface area contributed by atoms with Crippen molar-refractivity contribution in [2.45, 2.75) is 31.2 Å². The van der Waals surface area contributed by atoms with E-state index in [0.717, 1.165) is 12.1 Å². The normalized spacial score (nSPS) is 21.5. The Morgan fingerprint density at radius 3 is 2.67 bits per heavy atom. The number of carbonyl (C=O) groups is 1. The molecule has 0 saturated carbocycles. The maximum absolute atomic E-state index is 14.5. The fourth-order valence-electron chi connectivity index (χ4n) is 3.07. The molecule has 160 valence electrons. The maximum Gasteiger partial charge on any atom is 0.425 e. The van der Waals surface area contributed by atoms with Crippen LogP contribution in [0.25, 0.3) is 0 Å². The van der Waals surface area contributed by atoms with Crippen LogP contribution in [0.1, 0.15) is 28.2 Å². The molecule has 3 rings (SSSR count). The van der Waals surface area contributed by atoms with Gasteiger partial charge in [0, 0.05) is 30.1 Å². The molecule has 1 aliphatic heterocycles. The van der Waals surface area contributed by atoms with Crippen LogP contribution in [-0.4, -0.2) is 40.9 Å². The number of aliphatic imine (C=N–C) groups is 1. The van der Waals surface area contributed by atoms with Crippen molar-refractivity contribution in [3.8, 4) is 0 Å². The molecule has 2 aromatic rings. The zero-order valence-corrected chi connectivity index (χ0v) is 15.5. The number of nitrogens with one attached hydrogen (secondary N) is 1. The average Bonchev–Trinajstić information content (AvgIpc) is 2.68. The third-order valence-corrected chi connectivity index (χ3v) is 4.52. The van der Waals surface area contributed by atoms with E-state index in [-0.39, 0.29) is 11.4 Å². The van der Waals surface area contributed by atoms with Crippen molar-refractivity contribution in [1.82, 2.24) is 9.97 Å². The molecule has 3 N–H and O–H groups in total. The fraction of sp³-hybridized carbons (Fsp3) is 0.333. The van der Waals surface area contributed by atoms with Crippen molar-refractivity contribution in [1.29, 1.82) is 0 Å². The molecule has 1 aromatic heterocycles. The number of hydrogen-bond acceptors (Lipinski definition) is 6. The molecule has 12 heteroatoms. The zero-order chi connectivity index (χ0) is 22.1. The Morgan fingerprint density at radius 2 is 2.03 bits per heavy atom. The smallest absolute Gasteiger partial charge is 0.425 e. The summed E-state index contributed by atoms with van der Waals surface area (Å²) in [4.78, 5) is 23.9. The molecule has 0 saturated heterocycles. The third kappa shape index (κ3) is 4.16. The Labute approximate surface area is 167 Å². The van der Waals surface area contributed by atoms with Gasteiger partial charge in [0.25, 0.3) is 11.9 Å². The van der Waals surface area contributed by atoms with Gasteiger partial charge in [-0.05, 0) is 25.1 Å². The number of halogens is 5. The minimum Gasteiger partial charge on any atom is -0.452 e. The number of hydrogen-bond donors (Lipinski definition) is 2. The molecular formula is C18H16F5N5O2. The number of amidine groups is 1. The Morgan fingerprint density at radius 1 is 1.33 bits per heavy atom. The molecule has 0 spiro atoms. The highest BCUT2D eigenvalue weighted by Gasteiger charge is 2.52. The average molecular weight is 429 g/mol. The van der Waals surface area contributed by atoms with Gasteiger partial charge in [0.1, 0.15) is 23.7 Å². The standard InChI is InChI=1S/C18H16F5N5O2/c1-9-14(26-5-4-25-9)15(29)27-10-2-3-12(20)11(6-10)17(8-19)7-13(18(21,22)23)30-16(24)28-17/h2-6,13H,7-8H2,1H3,(H2,24,28)(H,27,29)/t13-,17+/m0/s1. The van der Waals surface area contributed by atoms with Crippen LogP contribution in [0, 0.1) is 12.7 Å². The van der Waals surface area contributed by atoms with Crippen molar-refractivity contribution in [2.75, 3.05) is 12.0 Å². The number of carbonyl (C=O) groups excluding carboxylic acids is 1. The second-order valence-electron chi connectivity index (χ2n) is 6.61. The number of anilines is 1. The molecule has 2 heterocycles. The van der Waals surface area contributed by atoms with E-state index in [9.17, 15) is 26.7 Å². The van der Waals surface area contributed by atoms with Crippen LogP contribution in [-0.2, 0) is 10.3 Å². The molecule has 2 atom stereocenters. The van der Waals surface area contributed by atoms with Crippen molar-refractivity contribution in [3.05, 3.63) is 53.4 Å². The topological polar surface area (TPSA) is 102 Å². The van der Waals surface area contributed by atoms with Crippen LogP contribution in [0.2, 0.25) is 0 Å².